The average molecular weight is 745 g/mol. The van der Waals surface area contributed by atoms with Gasteiger partial charge in [0.1, 0.15) is 5.82 Å². The van der Waals surface area contributed by atoms with Crippen molar-refractivity contribution in [1.29, 1.82) is 0 Å². The first kappa shape index (κ1) is 32.7. The van der Waals surface area contributed by atoms with Crippen molar-refractivity contribution in [2.75, 3.05) is 4.90 Å². The summed E-state index contributed by atoms with van der Waals surface area (Å²) in [5.41, 5.74) is 7.55. The van der Waals surface area contributed by atoms with Crippen molar-refractivity contribution >= 4 is 69.7 Å². The second-order valence-electron chi connectivity index (χ2n) is 13.6. The van der Waals surface area contributed by atoms with Gasteiger partial charge in [0.05, 0.1) is 0 Å². The van der Waals surface area contributed by atoms with E-state index < -0.39 is 13.3 Å². The molecule has 0 bridgehead atoms. The Morgan fingerprint density at radius 1 is 0.415 bits per heavy atom. The summed E-state index contributed by atoms with van der Waals surface area (Å²) in [5, 5.41) is 2.29. The van der Waals surface area contributed by atoms with Gasteiger partial charge in [-0.2, -0.15) is 0 Å². The van der Waals surface area contributed by atoms with E-state index in [1.165, 1.54) is 35.3 Å². The molecule has 0 atom stereocenters. The summed E-state index contributed by atoms with van der Waals surface area (Å²) in [5.74, 6) is -0.242. The Kier molecular flexibility index (Phi) is 8.49. The number of halogens is 1. The van der Waals surface area contributed by atoms with Crippen LogP contribution in [0.25, 0.3) is 27.5 Å². The summed E-state index contributed by atoms with van der Waals surface area (Å²) in [4.78, 5) is 2.36. The molecule has 0 radical (unpaired) electrons. The molecule has 4 heteroatoms. The molecule has 0 aliphatic heterocycles. The Morgan fingerprint density at radius 3 is 1.43 bits per heavy atom. The van der Waals surface area contributed by atoms with Gasteiger partial charge in [0.2, 0.25) is 0 Å². The van der Waals surface area contributed by atoms with Gasteiger partial charge in [-0.15, -0.1) is 0 Å². The summed E-state index contributed by atoms with van der Waals surface area (Å²) in [6, 6.07) is 73.4. The van der Waals surface area contributed by atoms with Gasteiger partial charge in [-0.1, -0.05) is 0 Å². The summed E-state index contributed by atoms with van der Waals surface area (Å²) in [6.07, 6.45) is 0. The predicted octanol–water partition coefficient (Wildman–Crippen LogP) is 10.1. The molecule has 1 heterocycles. The SMILES string of the molecule is Cc1ccc(N(c2cc[c]([Ge]([c]3ccccc3)([c]3ccccc3)[c]3ccccc3)cc2)c2ccc3c(c2)c2ccccc2n3-c2ccc(F)cc2)cc1. The van der Waals surface area contributed by atoms with E-state index in [9.17, 15) is 4.39 Å². The van der Waals surface area contributed by atoms with Crippen LogP contribution in [0.4, 0.5) is 21.5 Å². The van der Waals surface area contributed by atoms with Crippen LogP contribution >= 0.6 is 0 Å². The van der Waals surface area contributed by atoms with Crippen molar-refractivity contribution in [2.24, 2.45) is 0 Å². The fraction of sp³-hybridized carbons (Fsp3) is 0.0204. The summed E-state index contributed by atoms with van der Waals surface area (Å²) >= 11 is -3.42. The zero-order valence-corrected chi connectivity index (χ0v) is 31.5. The van der Waals surface area contributed by atoms with Crippen molar-refractivity contribution in [1.82, 2.24) is 4.57 Å². The molecule has 2 nitrogen and oxygen atoms in total. The molecule has 0 aliphatic carbocycles. The van der Waals surface area contributed by atoms with E-state index in [-0.39, 0.29) is 5.82 Å². The van der Waals surface area contributed by atoms with Gasteiger partial charge in [-0.3, -0.25) is 0 Å². The van der Waals surface area contributed by atoms with E-state index in [4.69, 9.17) is 0 Å². The fourth-order valence-corrected chi connectivity index (χ4v) is 18.0. The molecular formula is C49H37FGeN2. The Bertz CT molecular complexity index is 2560. The Balaban J connectivity index is 1.24. The van der Waals surface area contributed by atoms with Crippen LogP contribution in [-0.4, -0.2) is 17.8 Å². The van der Waals surface area contributed by atoms with E-state index in [1.807, 2.05) is 12.1 Å². The topological polar surface area (TPSA) is 8.17 Å². The third-order valence-corrected chi connectivity index (χ3v) is 20.5. The molecule has 9 aromatic rings. The second kappa shape index (κ2) is 13.8. The molecule has 0 unspecified atom stereocenters. The van der Waals surface area contributed by atoms with Gasteiger partial charge < -0.3 is 0 Å². The monoisotopic (exact) mass is 746 g/mol. The van der Waals surface area contributed by atoms with Crippen LogP contribution in [0, 0.1) is 12.7 Å². The number of aromatic nitrogens is 1. The van der Waals surface area contributed by atoms with E-state index in [0.717, 1.165) is 44.6 Å². The van der Waals surface area contributed by atoms with E-state index in [0.29, 0.717) is 0 Å². The molecule has 0 aliphatic rings. The van der Waals surface area contributed by atoms with Crippen LogP contribution in [0.2, 0.25) is 0 Å². The summed E-state index contributed by atoms with van der Waals surface area (Å²) in [6.45, 7) is 2.13. The maximum absolute atomic E-state index is 14.0. The molecule has 1 aromatic heterocycles. The molecule has 0 amide bonds. The minimum atomic E-state index is -3.42. The van der Waals surface area contributed by atoms with Crippen LogP contribution in [-0.2, 0) is 0 Å². The number of nitrogens with zero attached hydrogens (tertiary/aromatic N) is 2. The van der Waals surface area contributed by atoms with Gasteiger partial charge >= 0.3 is 291 Å². The van der Waals surface area contributed by atoms with Gasteiger partial charge in [-0.25, -0.2) is 4.39 Å². The maximum atomic E-state index is 14.0. The van der Waals surface area contributed by atoms with Crippen molar-refractivity contribution in [3.05, 3.63) is 218 Å². The molecule has 0 saturated carbocycles. The van der Waals surface area contributed by atoms with Gasteiger partial charge in [0, 0.05) is 0 Å². The van der Waals surface area contributed by atoms with Gasteiger partial charge in [-0.05, 0) is 12.1 Å². The molecule has 8 aromatic carbocycles. The van der Waals surface area contributed by atoms with Crippen molar-refractivity contribution < 1.29 is 4.39 Å². The number of benzene rings is 8. The molecule has 9 rings (SSSR count). The number of hydrogen-bond donors (Lipinski definition) is 0. The molecule has 0 N–H and O–H groups in total. The molecular weight excluding hydrogens is 708 g/mol. The molecule has 53 heavy (non-hydrogen) atoms. The normalized spacial score (nSPS) is 11.6. The number of aryl methyl sites for hydroxylation is 1. The number of fused-ring (bicyclic) bond motifs is 3. The average Bonchev–Trinajstić information content (AvgIpc) is 3.55. The number of hydrogen-bond acceptors (Lipinski definition) is 1. The zero-order chi connectivity index (χ0) is 35.8. The second-order valence-corrected chi connectivity index (χ2v) is 21.6. The molecule has 254 valence electrons. The van der Waals surface area contributed by atoms with Crippen LogP contribution in [0.3, 0.4) is 0 Å². The Hall–Kier alpha value is -6.17. The molecule has 0 saturated heterocycles. The van der Waals surface area contributed by atoms with E-state index >= 15 is 0 Å². The van der Waals surface area contributed by atoms with Crippen LogP contribution in [0.1, 0.15) is 5.56 Å². The van der Waals surface area contributed by atoms with Crippen LogP contribution in [0.5, 0.6) is 0 Å². The number of rotatable bonds is 8. The summed E-state index contributed by atoms with van der Waals surface area (Å²) < 4.78 is 21.8. The standard InChI is InChI=1S/C49H37FGeN2/c1-36-21-27-42(28-22-36)52(45-33-34-49-47(35-45)46-19-11-12-20-48(46)53(49)44-29-23-37(50)24-30-44)43-31-25-41(26-32-43)51(38-13-5-2-6-14-38,39-15-7-3-8-16-39)40-17-9-4-10-18-40/h2-35H,1H3. The first-order valence-electron chi connectivity index (χ1n) is 18.0. The van der Waals surface area contributed by atoms with E-state index in [1.54, 1.807) is 0 Å². The minimum absolute atomic E-state index is 0.242. The quantitative estimate of drug-likeness (QED) is 0.141. The van der Waals surface area contributed by atoms with Gasteiger partial charge in [0.25, 0.3) is 0 Å². The first-order valence-corrected chi connectivity index (χ1v) is 22.2. The Morgan fingerprint density at radius 2 is 0.868 bits per heavy atom. The summed E-state index contributed by atoms with van der Waals surface area (Å²) in [7, 11) is 0. The number of para-hydroxylation sites is 1. The van der Waals surface area contributed by atoms with Crippen molar-refractivity contribution in [2.45, 2.75) is 6.92 Å². The van der Waals surface area contributed by atoms with Crippen LogP contribution < -0.4 is 22.5 Å². The number of anilines is 3. The van der Waals surface area contributed by atoms with Gasteiger partial charge in [0.15, 0.2) is 0 Å². The third kappa shape index (κ3) is 5.74. The predicted molar refractivity (Wildman–Crippen MR) is 224 cm³/mol. The van der Waals surface area contributed by atoms with Crippen LogP contribution in [0.15, 0.2) is 206 Å². The molecule has 0 spiro atoms. The van der Waals surface area contributed by atoms with Crippen molar-refractivity contribution in [3.63, 3.8) is 0 Å². The first-order chi connectivity index (χ1) is 26.1. The molecule has 0 fully saturated rings. The zero-order valence-electron chi connectivity index (χ0n) is 29.4. The third-order valence-electron chi connectivity index (χ3n) is 10.5. The Labute approximate surface area is 312 Å². The fourth-order valence-electron chi connectivity index (χ4n) is 8.03. The van der Waals surface area contributed by atoms with E-state index in [2.05, 4.69) is 198 Å². The van der Waals surface area contributed by atoms with Crippen molar-refractivity contribution in [3.8, 4) is 5.69 Å².